The molecule has 0 N–H and O–H groups in total. The third-order valence-electron chi connectivity index (χ3n) is 5.68. The molecule has 0 radical (unpaired) electrons. The lowest BCUT2D eigenvalue weighted by Gasteiger charge is -2.40. The van der Waals surface area contributed by atoms with Gasteiger partial charge in [0.25, 0.3) is 0 Å². The Labute approximate surface area is 157 Å². The predicted octanol–water partition coefficient (Wildman–Crippen LogP) is 3.05. The maximum Gasteiger partial charge on any atom is 0.231 e. The van der Waals surface area contributed by atoms with Gasteiger partial charge in [-0.3, -0.25) is 4.79 Å². The number of fused-ring (bicyclic) bond motifs is 1. The van der Waals surface area contributed by atoms with Crippen LogP contribution in [0, 0.1) is 5.41 Å². The van der Waals surface area contributed by atoms with E-state index < -0.39 is 0 Å². The zero-order valence-electron chi connectivity index (χ0n) is 15.4. The van der Waals surface area contributed by atoms with Crippen LogP contribution in [0.15, 0.2) is 22.7 Å². The Balaban J connectivity index is 1.28. The first-order valence-electron chi connectivity index (χ1n) is 9.57. The Morgan fingerprint density at radius 1 is 1.26 bits per heavy atom. The number of carbonyl (C=O) groups excluding carboxylic acids is 1. The smallest absolute Gasteiger partial charge is 0.231 e. The molecule has 0 bridgehead atoms. The van der Waals surface area contributed by atoms with Gasteiger partial charge in [0.2, 0.25) is 18.6 Å². The Bertz CT molecular complexity index is 876. The maximum atomic E-state index is 12.4. The van der Waals surface area contributed by atoms with E-state index in [-0.39, 0.29) is 18.1 Å². The highest BCUT2D eigenvalue weighted by atomic mass is 16.7. The summed E-state index contributed by atoms with van der Waals surface area (Å²) in [5.74, 6) is 3.53. The van der Waals surface area contributed by atoms with E-state index in [1.165, 1.54) is 5.56 Å². The lowest BCUT2D eigenvalue weighted by Crippen LogP contribution is -2.45. The average molecular weight is 369 g/mol. The summed E-state index contributed by atoms with van der Waals surface area (Å²) < 4.78 is 16.2. The second-order valence-corrected chi connectivity index (χ2v) is 8.25. The van der Waals surface area contributed by atoms with Crippen molar-refractivity contribution in [2.75, 3.05) is 13.3 Å². The van der Waals surface area contributed by atoms with E-state index in [2.05, 4.69) is 29.2 Å². The van der Waals surface area contributed by atoms with Gasteiger partial charge < -0.3 is 18.9 Å². The number of likely N-dealkylation sites (tertiary alicyclic amines) is 1. The Morgan fingerprint density at radius 3 is 2.96 bits per heavy atom. The molecule has 1 aliphatic carbocycles. The lowest BCUT2D eigenvalue weighted by molar-refractivity contribution is -0.138. The standard InChI is InChI=1S/C20H23N3O4/c1-20(9-13-2-5-15-16(8-13)26-12-25-15)7-6-18(24)23(11-20)10-17-21-19(27-22-17)14-3-4-14/h2,5,8,14H,3-4,6-7,9-12H2,1H3/t20-/m0/s1. The van der Waals surface area contributed by atoms with E-state index in [4.69, 9.17) is 14.0 Å². The van der Waals surface area contributed by atoms with Crippen LogP contribution in [0.3, 0.4) is 0 Å². The number of rotatable bonds is 5. The maximum absolute atomic E-state index is 12.4. The highest BCUT2D eigenvalue weighted by Crippen LogP contribution is 2.40. The van der Waals surface area contributed by atoms with Crippen LogP contribution in [0.4, 0.5) is 0 Å². The Kier molecular flexibility index (Phi) is 3.84. The molecule has 1 amide bonds. The van der Waals surface area contributed by atoms with E-state index in [1.807, 2.05) is 11.0 Å². The summed E-state index contributed by atoms with van der Waals surface area (Å²) in [7, 11) is 0. The number of piperidine rings is 1. The number of amides is 1. The minimum atomic E-state index is 0.00463. The monoisotopic (exact) mass is 369 g/mol. The van der Waals surface area contributed by atoms with Gasteiger partial charge in [0.1, 0.15) is 0 Å². The van der Waals surface area contributed by atoms with E-state index in [0.29, 0.717) is 31.3 Å². The summed E-state index contributed by atoms with van der Waals surface area (Å²) in [5.41, 5.74) is 1.21. The zero-order chi connectivity index (χ0) is 18.4. The van der Waals surface area contributed by atoms with Crippen molar-refractivity contribution in [2.45, 2.75) is 51.5 Å². The fourth-order valence-electron chi connectivity index (χ4n) is 4.03. The van der Waals surface area contributed by atoms with Gasteiger partial charge in [-0.1, -0.05) is 18.1 Å². The molecule has 1 saturated heterocycles. The highest BCUT2D eigenvalue weighted by molar-refractivity contribution is 5.77. The summed E-state index contributed by atoms with van der Waals surface area (Å²) in [6.45, 7) is 3.63. The van der Waals surface area contributed by atoms with Gasteiger partial charge in [0.15, 0.2) is 17.3 Å². The molecule has 1 aromatic heterocycles. The molecule has 27 heavy (non-hydrogen) atoms. The molecule has 1 atom stereocenters. The lowest BCUT2D eigenvalue weighted by atomic mass is 9.76. The first kappa shape index (κ1) is 16.6. The SMILES string of the molecule is C[C@@]1(Cc2ccc3c(c2)OCO3)CCC(=O)N(Cc2noc(C3CC3)n2)C1. The fourth-order valence-corrected chi connectivity index (χ4v) is 4.03. The Hall–Kier alpha value is -2.57. The van der Waals surface area contributed by atoms with E-state index >= 15 is 0 Å². The first-order valence-corrected chi connectivity index (χ1v) is 9.57. The van der Waals surface area contributed by atoms with Gasteiger partial charge in [-0.2, -0.15) is 4.98 Å². The highest BCUT2D eigenvalue weighted by Gasteiger charge is 2.36. The fraction of sp³-hybridized carbons (Fsp3) is 0.550. The van der Waals surface area contributed by atoms with Gasteiger partial charge in [-0.25, -0.2) is 0 Å². The third kappa shape index (κ3) is 3.38. The first-order chi connectivity index (χ1) is 13.1. The molecule has 0 unspecified atom stereocenters. The second-order valence-electron chi connectivity index (χ2n) is 8.25. The normalized spacial score (nSPS) is 24.5. The van der Waals surface area contributed by atoms with Gasteiger partial charge in [-0.05, 0) is 48.8 Å². The zero-order valence-corrected chi connectivity index (χ0v) is 15.4. The molecule has 2 aromatic rings. The van der Waals surface area contributed by atoms with E-state index in [9.17, 15) is 4.79 Å². The second kappa shape index (κ2) is 6.25. The molecule has 7 heteroatoms. The van der Waals surface area contributed by atoms with E-state index in [1.54, 1.807) is 0 Å². The molecule has 0 spiro atoms. The van der Waals surface area contributed by atoms with Crippen LogP contribution in [-0.2, 0) is 17.8 Å². The third-order valence-corrected chi connectivity index (χ3v) is 5.68. The summed E-state index contributed by atoms with van der Waals surface area (Å²) >= 11 is 0. The number of hydrogen-bond donors (Lipinski definition) is 0. The number of nitrogens with zero attached hydrogens (tertiary/aromatic N) is 3. The van der Waals surface area contributed by atoms with Crippen molar-refractivity contribution in [1.29, 1.82) is 0 Å². The summed E-state index contributed by atoms with van der Waals surface area (Å²) in [6, 6.07) is 6.10. The molecular formula is C20H23N3O4. The summed E-state index contributed by atoms with van der Waals surface area (Å²) in [6.07, 6.45) is 4.55. The molecular weight excluding hydrogens is 346 g/mol. The molecule has 3 aliphatic rings. The predicted molar refractivity (Wildman–Crippen MR) is 95.3 cm³/mol. The minimum absolute atomic E-state index is 0.00463. The van der Waals surface area contributed by atoms with Crippen LogP contribution in [0.1, 0.15) is 55.8 Å². The molecule has 3 heterocycles. The van der Waals surface area contributed by atoms with Crippen LogP contribution in [-0.4, -0.2) is 34.3 Å². The number of hydrogen-bond acceptors (Lipinski definition) is 6. The van der Waals surface area contributed by atoms with Crippen molar-refractivity contribution in [3.05, 3.63) is 35.5 Å². The molecule has 1 saturated carbocycles. The van der Waals surface area contributed by atoms with Crippen LogP contribution < -0.4 is 9.47 Å². The quantitative estimate of drug-likeness (QED) is 0.806. The Morgan fingerprint density at radius 2 is 2.11 bits per heavy atom. The van der Waals surface area contributed by atoms with Gasteiger partial charge >= 0.3 is 0 Å². The van der Waals surface area contributed by atoms with Crippen molar-refractivity contribution in [2.24, 2.45) is 5.41 Å². The molecule has 142 valence electrons. The van der Waals surface area contributed by atoms with Crippen molar-refractivity contribution < 1.29 is 18.8 Å². The van der Waals surface area contributed by atoms with Crippen LogP contribution in [0.5, 0.6) is 11.5 Å². The van der Waals surface area contributed by atoms with Gasteiger partial charge in [-0.15, -0.1) is 0 Å². The molecule has 2 fully saturated rings. The van der Waals surface area contributed by atoms with Gasteiger partial charge in [0.05, 0.1) is 6.54 Å². The summed E-state index contributed by atoms with van der Waals surface area (Å²) in [4.78, 5) is 18.8. The number of carbonyl (C=O) groups is 1. The van der Waals surface area contributed by atoms with Crippen molar-refractivity contribution >= 4 is 5.91 Å². The number of benzene rings is 1. The average Bonchev–Trinajstić information content (AvgIpc) is 3.21. The van der Waals surface area contributed by atoms with E-state index in [0.717, 1.165) is 43.1 Å². The van der Waals surface area contributed by atoms with Crippen molar-refractivity contribution in [3.8, 4) is 11.5 Å². The molecule has 1 aromatic carbocycles. The van der Waals surface area contributed by atoms with Crippen LogP contribution >= 0.6 is 0 Å². The minimum Gasteiger partial charge on any atom is -0.454 e. The molecule has 2 aliphatic heterocycles. The largest absolute Gasteiger partial charge is 0.454 e. The van der Waals surface area contributed by atoms with Crippen LogP contribution in [0.25, 0.3) is 0 Å². The molecule has 5 rings (SSSR count). The number of ether oxygens (including phenoxy) is 2. The summed E-state index contributed by atoms with van der Waals surface area (Å²) in [5, 5.41) is 4.07. The van der Waals surface area contributed by atoms with Crippen molar-refractivity contribution in [3.63, 3.8) is 0 Å². The van der Waals surface area contributed by atoms with Crippen LogP contribution in [0.2, 0.25) is 0 Å². The van der Waals surface area contributed by atoms with Gasteiger partial charge in [0, 0.05) is 18.9 Å². The topological polar surface area (TPSA) is 77.7 Å². The number of aromatic nitrogens is 2. The molecule has 7 nitrogen and oxygen atoms in total. The van der Waals surface area contributed by atoms with Crippen molar-refractivity contribution in [1.82, 2.24) is 15.0 Å².